The SMILES string of the molecule is COC(=O)c1cc(Cl)ccc1NCc1ccc([N+](=O)[O-])s1. The molecule has 0 bridgehead atoms. The maximum Gasteiger partial charge on any atom is 0.340 e. The molecule has 0 radical (unpaired) electrons. The molecule has 21 heavy (non-hydrogen) atoms. The normalized spacial score (nSPS) is 10.2. The van der Waals surface area contributed by atoms with Gasteiger partial charge in [-0.3, -0.25) is 10.1 Å². The number of nitrogens with one attached hydrogen (secondary N) is 1. The van der Waals surface area contributed by atoms with E-state index >= 15 is 0 Å². The van der Waals surface area contributed by atoms with E-state index in [0.29, 0.717) is 22.8 Å². The molecule has 1 N–H and O–H groups in total. The number of carbonyl (C=O) groups excluding carboxylic acids is 1. The molecule has 0 atom stereocenters. The average molecular weight is 327 g/mol. The molecule has 110 valence electrons. The molecule has 0 amide bonds. The number of nitrogens with zero attached hydrogens (tertiary/aromatic N) is 1. The van der Waals surface area contributed by atoms with Crippen molar-refractivity contribution in [1.29, 1.82) is 0 Å². The van der Waals surface area contributed by atoms with Crippen molar-refractivity contribution in [1.82, 2.24) is 0 Å². The lowest BCUT2D eigenvalue weighted by atomic mass is 10.2. The van der Waals surface area contributed by atoms with Crippen LogP contribution in [0.3, 0.4) is 0 Å². The molecule has 6 nitrogen and oxygen atoms in total. The maximum atomic E-state index is 11.7. The van der Waals surface area contributed by atoms with Gasteiger partial charge in [0, 0.05) is 28.2 Å². The van der Waals surface area contributed by atoms with E-state index in [4.69, 9.17) is 16.3 Å². The average Bonchev–Trinajstić information content (AvgIpc) is 2.94. The summed E-state index contributed by atoms with van der Waals surface area (Å²) in [7, 11) is 1.29. The van der Waals surface area contributed by atoms with Crippen molar-refractivity contribution in [2.24, 2.45) is 0 Å². The van der Waals surface area contributed by atoms with Gasteiger partial charge >= 0.3 is 11.0 Å². The number of thiophene rings is 1. The van der Waals surface area contributed by atoms with Gasteiger partial charge in [-0.15, -0.1) is 0 Å². The lowest BCUT2D eigenvalue weighted by Gasteiger charge is -2.10. The predicted molar refractivity (Wildman–Crippen MR) is 81.1 cm³/mol. The third-order valence-corrected chi connectivity index (χ3v) is 3.94. The molecular weight excluding hydrogens is 316 g/mol. The first kappa shape index (κ1) is 15.3. The highest BCUT2D eigenvalue weighted by Gasteiger charge is 2.14. The topological polar surface area (TPSA) is 81.5 Å². The van der Waals surface area contributed by atoms with Crippen LogP contribution in [0.25, 0.3) is 0 Å². The van der Waals surface area contributed by atoms with Crippen molar-refractivity contribution in [3.8, 4) is 0 Å². The van der Waals surface area contributed by atoms with Crippen molar-refractivity contribution < 1.29 is 14.5 Å². The Morgan fingerprint density at radius 3 is 2.81 bits per heavy atom. The Labute approximate surface area is 129 Å². The van der Waals surface area contributed by atoms with Crippen LogP contribution in [0, 0.1) is 10.1 Å². The molecule has 0 unspecified atom stereocenters. The number of nitro groups is 1. The van der Waals surface area contributed by atoms with Gasteiger partial charge in [0.05, 0.1) is 17.6 Å². The van der Waals surface area contributed by atoms with Gasteiger partial charge in [0.2, 0.25) is 0 Å². The molecule has 0 aliphatic heterocycles. The number of ether oxygens (including phenoxy) is 1. The summed E-state index contributed by atoms with van der Waals surface area (Å²) in [4.78, 5) is 22.7. The van der Waals surface area contributed by atoms with Crippen LogP contribution in [-0.2, 0) is 11.3 Å². The molecule has 0 aliphatic carbocycles. The minimum Gasteiger partial charge on any atom is -0.465 e. The number of benzene rings is 1. The molecule has 0 spiro atoms. The van der Waals surface area contributed by atoms with E-state index in [9.17, 15) is 14.9 Å². The summed E-state index contributed by atoms with van der Waals surface area (Å²) in [5.74, 6) is -0.503. The number of carbonyl (C=O) groups is 1. The van der Waals surface area contributed by atoms with E-state index in [2.05, 4.69) is 5.32 Å². The van der Waals surface area contributed by atoms with Gasteiger partial charge in [-0.2, -0.15) is 0 Å². The van der Waals surface area contributed by atoms with Crippen LogP contribution < -0.4 is 5.32 Å². The molecule has 2 aromatic rings. The zero-order valence-electron chi connectivity index (χ0n) is 11.0. The van der Waals surface area contributed by atoms with Crippen molar-refractivity contribution in [3.05, 3.63) is 55.9 Å². The highest BCUT2D eigenvalue weighted by atomic mass is 35.5. The molecule has 2 rings (SSSR count). The van der Waals surface area contributed by atoms with Gasteiger partial charge in [0.1, 0.15) is 0 Å². The molecule has 1 aromatic carbocycles. The fourth-order valence-electron chi connectivity index (χ4n) is 1.69. The molecule has 1 aromatic heterocycles. The number of methoxy groups -OCH3 is 1. The number of esters is 1. The summed E-state index contributed by atoms with van der Waals surface area (Å²) in [5, 5.41) is 14.2. The number of hydrogen-bond acceptors (Lipinski definition) is 6. The summed E-state index contributed by atoms with van der Waals surface area (Å²) in [6, 6.07) is 7.94. The van der Waals surface area contributed by atoms with Gasteiger partial charge in [-0.05, 0) is 24.3 Å². The fraction of sp³-hybridized carbons (Fsp3) is 0.154. The largest absolute Gasteiger partial charge is 0.465 e. The van der Waals surface area contributed by atoms with Crippen molar-refractivity contribution in [3.63, 3.8) is 0 Å². The van der Waals surface area contributed by atoms with Crippen LogP contribution >= 0.6 is 22.9 Å². The summed E-state index contributed by atoms with van der Waals surface area (Å²) in [5.41, 5.74) is 0.873. The number of hydrogen-bond donors (Lipinski definition) is 1. The highest BCUT2D eigenvalue weighted by Crippen LogP contribution is 2.26. The van der Waals surface area contributed by atoms with Crippen LogP contribution in [0.5, 0.6) is 0 Å². The van der Waals surface area contributed by atoms with E-state index in [1.54, 1.807) is 18.2 Å². The number of rotatable bonds is 5. The Hall–Kier alpha value is -2.12. The van der Waals surface area contributed by atoms with E-state index in [1.165, 1.54) is 19.2 Å². The Bertz CT molecular complexity index is 687. The van der Waals surface area contributed by atoms with Crippen LogP contribution in [0.4, 0.5) is 10.7 Å². The minimum atomic E-state index is -0.503. The molecule has 1 heterocycles. The highest BCUT2D eigenvalue weighted by molar-refractivity contribution is 7.15. The molecule has 0 saturated carbocycles. The number of anilines is 1. The first-order chi connectivity index (χ1) is 10.0. The van der Waals surface area contributed by atoms with Gasteiger partial charge in [-0.1, -0.05) is 22.9 Å². The molecular formula is C13H11ClN2O4S. The monoisotopic (exact) mass is 326 g/mol. The van der Waals surface area contributed by atoms with Gasteiger partial charge in [0.25, 0.3) is 0 Å². The van der Waals surface area contributed by atoms with Gasteiger partial charge in [-0.25, -0.2) is 4.79 Å². The third-order valence-electron chi connectivity index (χ3n) is 2.67. The third kappa shape index (κ3) is 3.71. The Morgan fingerprint density at radius 1 is 1.43 bits per heavy atom. The van der Waals surface area contributed by atoms with Crippen molar-refractivity contribution in [2.45, 2.75) is 6.54 Å². The van der Waals surface area contributed by atoms with E-state index in [-0.39, 0.29) is 5.00 Å². The first-order valence-corrected chi connectivity index (χ1v) is 7.05. The van der Waals surface area contributed by atoms with Crippen molar-refractivity contribution >= 4 is 39.6 Å². The van der Waals surface area contributed by atoms with E-state index < -0.39 is 10.9 Å². The van der Waals surface area contributed by atoms with Crippen LogP contribution in [0.2, 0.25) is 5.02 Å². The van der Waals surface area contributed by atoms with Crippen LogP contribution in [-0.4, -0.2) is 18.0 Å². The molecule has 0 aliphatic rings. The lowest BCUT2D eigenvalue weighted by Crippen LogP contribution is -2.07. The second-order valence-electron chi connectivity index (χ2n) is 4.03. The quantitative estimate of drug-likeness (QED) is 0.514. The van der Waals surface area contributed by atoms with E-state index in [1.807, 2.05) is 0 Å². The van der Waals surface area contributed by atoms with E-state index in [0.717, 1.165) is 16.2 Å². The summed E-state index contributed by atoms with van der Waals surface area (Å²) >= 11 is 6.94. The molecule has 0 saturated heterocycles. The fourth-order valence-corrected chi connectivity index (χ4v) is 2.62. The van der Waals surface area contributed by atoms with Crippen LogP contribution in [0.15, 0.2) is 30.3 Å². The zero-order chi connectivity index (χ0) is 15.4. The minimum absolute atomic E-state index is 0.0797. The predicted octanol–water partition coefficient (Wildman–Crippen LogP) is 3.71. The number of halogens is 1. The molecule has 0 fully saturated rings. The van der Waals surface area contributed by atoms with Crippen LogP contribution in [0.1, 0.15) is 15.2 Å². The lowest BCUT2D eigenvalue weighted by molar-refractivity contribution is -0.380. The first-order valence-electron chi connectivity index (χ1n) is 5.86. The van der Waals surface area contributed by atoms with Crippen molar-refractivity contribution in [2.75, 3.05) is 12.4 Å². The summed E-state index contributed by atoms with van der Waals surface area (Å²) in [6.45, 7) is 0.365. The Kier molecular flexibility index (Phi) is 4.77. The summed E-state index contributed by atoms with van der Waals surface area (Å²) in [6.07, 6.45) is 0. The smallest absolute Gasteiger partial charge is 0.340 e. The zero-order valence-corrected chi connectivity index (χ0v) is 12.5. The maximum absolute atomic E-state index is 11.7. The van der Waals surface area contributed by atoms with Gasteiger partial charge in [0.15, 0.2) is 0 Å². The second kappa shape index (κ2) is 6.55. The van der Waals surface area contributed by atoms with Gasteiger partial charge < -0.3 is 10.1 Å². The Morgan fingerprint density at radius 2 is 2.19 bits per heavy atom. The Balaban J connectivity index is 2.15. The standard InChI is InChI=1S/C13H11ClN2O4S/c1-20-13(17)10-6-8(14)2-4-11(10)15-7-9-3-5-12(21-9)16(18)19/h2-6,15H,7H2,1H3. The molecule has 8 heteroatoms. The second-order valence-corrected chi connectivity index (χ2v) is 5.62. The summed E-state index contributed by atoms with van der Waals surface area (Å²) < 4.78 is 4.70.